The zero-order valence-electron chi connectivity index (χ0n) is 18.5. The fourth-order valence-electron chi connectivity index (χ4n) is 5.06. The third-order valence-electron chi connectivity index (χ3n) is 6.58. The largest absolute Gasteiger partial charge is 0.480 e. The minimum absolute atomic E-state index is 0.0167. The lowest BCUT2D eigenvalue weighted by molar-refractivity contribution is -0.152. The summed E-state index contributed by atoms with van der Waals surface area (Å²) in [6.45, 7) is 3.74. The number of carbonyl (C=O) groups excluding carboxylic acids is 2. The van der Waals surface area contributed by atoms with Crippen molar-refractivity contribution in [1.29, 1.82) is 0 Å². The first-order valence-electron chi connectivity index (χ1n) is 11.4. The molecule has 3 rings (SSSR count). The van der Waals surface area contributed by atoms with Crippen molar-refractivity contribution in [2.45, 2.75) is 83.0 Å². The number of carbonyl (C=O) groups is 3. The molecule has 0 aromatic heterocycles. The Morgan fingerprint density at radius 1 is 1.19 bits per heavy atom. The van der Waals surface area contributed by atoms with E-state index >= 15 is 0 Å². The van der Waals surface area contributed by atoms with Gasteiger partial charge in [-0.15, -0.1) is 0 Å². The number of rotatable bonds is 9. The summed E-state index contributed by atoms with van der Waals surface area (Å²) in [6.07, 6.45) is 5.62. The van der Waals surface area contributed by atoms with Gasteiger partial charge in [0.15, 0.2) is 0 Å². The normalized spacial score (nSPS) is 24.8. The van der Waals surface area contributed by atoms with Crippen molar-refractivity contribution in [3.05, 3.63) is 35.9 Å². The minimum atomic E-state index is -0.944. The molecule has 0 bridgehead atoms. The smallest absolute Gasteiger partial charge is 0.326 e. The second-order valence-corrected chi connectivity index (χ2v) is 8.66. The predicted octanol–water partition coefficient (Wildman–Crippen LogP) is 2.77. The molecule has 1 amide bonds. The third kappa shape index (κ3) is 5.64. The van der Waals surface area contributed by atoms with Crippen molar-refractivity contribution in [1.82, 2.24) is 10.2 Å². The van der Waals surface area contributed by atoms with Crippen LogP contribution in [0.4, 0.5) is 0 Å². The topological polar surface area (TPSA) is 95.9 Å². The average Bonchev–Trinajstić information content (AvgIpc) is 3.16. The number of fused-ring (bicyclic) bond motifs is 1. The molecule has 1 aromatic rings. The molecule has 5 atom stereocenters. The monoisotopic (exact) mass is 430 g/mol. The molecule has 2 fully saturated rings. The fourth-order valence-corrected chi connectivity index (χ4v) is 5.06. The van der Waals surface area contributed by atoms with E-state index in [1.807, 2.05) is 30.3 Å². The van der Waals surface area contributed by atoms with Crippen LogP contribution in [0.3, 0.4) is 0 Å². The second-order valence-electron chi connectivity index (χ2n) is 8.66. The summed E-state index contributed by atoms with van der Waals surface area (Å²) in [7, 11) is 0. The maximum atomic E-state index is 13.4. The van der Waals surface area contributed by atoms with E-state index in [2.05, 4.69) is 5.32 Å². The van der Waals surface area contributed by atoms with Gasteiger partial charge in [-0.2, -0.15) is 0 Å². The summed E-state index contributed by atoms with van der Waals surface area (Å²) in [5, 5.41) is 12.9. The van der Waals surface area contributed by atoms with Gasteiger partial charge in [0.2, 0.25) is 5.91 Å². The average molecular weight is 431 g/mol. The number of nitrogens with one attached hydrogen (secondary N) is 1. The number of carboxylic acids is 1. The molecular weight excluding hydrogens is 396 g/mol. The molecule has 1 aliphatic heterocycles. The van der Waals surface area contributed by atoms with Crippen LogP contribution in [0.5, 0.6) is 0 Å². The van der Waals surface area contributed by atoms with E-state index in [9.17, 15) is 19.5 Å². The Morgan fingerprint density at radius 3 is 2.58 bits per heavy atom. The maximum Gasteiger partial charge on any atom is 0.326 e. The van der Waals surface area contributed by atoms with Crippen LogP contribution in [-0.4, -0.2) is 58.6 Å². The molecule has 1 saturated carbocycles. The summed E-state index contributed by atoms with van der Waals surface area (Å²) < 4.78 is 5.22. The van der Waals surface area contributed by atoms with Crippen LogP contribution in [0.2, 0.25) is 0 Å². The molecule has 2 aliphatic rings. The fraction of sp³-hybridized carbons (Fsp3) is 0.625. The Bertz CT molecular complexity index is 768. The highest BCUT2D eigenvalue weighted by atomic mass is 16.5. The summed E-state index contributed by atoms with van der Waals surface area (Å²) in [5.74, 6) is -1.31. The molecular formula is C24H34N2O5. The Labute approximate surface area is 184 Å². The molecule has 1 saturated heterocycles. The molecule has 2 N–H and O–H groups in total. The molecule has 0 radical (unpaired) electrons. The van der Waals surface area contributed by atoms with Gasteiger partial charge in [0.1, 0.15) is 12.1 Å². The first kappa shape index (κ1) is 23.3. The van der Waals surface area contributed by atoms with Crippen LogP contribution in [-0.2, 0) is 25.5 Å². The van der Waals surface area contributed by atoms with Crippen molar-refractivity contribution in [2.75, 3.05) is 6.61 Å². The number of benzene rings is 1. The van der Waals surface area contributed by atoms with Crippen LogP contribution in [0.15, 0.2) is 30.3 Å². The van der Waals surface area contributed by atoms with E-state index in [1.165, 1.54) is 0 Å². The lowest BCUT2D eigenvalue weighted by Gasteiger charge is -2.35. The molecule has 1 heterocycles. The van der Waals surface area contributed by atoms with Gasteiger partial charge < -0.3 is 14.7 Å². The molecule has 0 spiro atoms. The van der Waals surface area contributed by atoms with Gasteiger partial charge in [-0.25, -0.2) is 4.79 Å². The Morgan fingerprint density at radius 2 is 1.90 bits per heavy atom. The molecule has 7 heteroatoms. The molecule has 1 aromatic carbocycles. The Kier molecular flexibility index (Phi) is 8.07. The SMILES string of the molecule is CCOC(=O)[C@H](CCc1ccccc1)N[C@H](C)C(=O)N1[C@H](C(=O)O)C[C@H]2CCCC[C@@H]21. The zero-order valence-corrected chi connectivity index (χ0v) is 18.5. The number of carboxylic acid groups (broad SMARTS) is 1. The van der Waals surface area contributed by atoms with E-state index in [0.717, 1.165) is 31.2 Å². The number of ether oxygens (including phenoxy) is 1. The molecule has 0 unspecified atom stereocenters. The maximum absolute atomic E-state index is 13.4. The van der Waals surface area contributed by atoms with Crippen LogP contribution in [0, 0.1) is 5.92 Å². The van der Waals surface area contributed by atoms with Gasteiger partial charge in [0.05, 0.1) is 12.6 Å². The van der Waals surface area contributed by atoms with Crippen molar-refractivity contribution < 1.29 is 24.2 Å². The van der Waals surface area contributed by atoms with Gasteiger partial charge in [0, 0.05) is 6.04 Å². The number of esters is 1. The quantitative estimate of drug-likeness (QED) is 0.585. The van der Waals surface area contributed by atoms with Gasteiger partial charge in [0.25, 0.3) is 0 Å². The summed E-state index contributed by atoms with van der Waals surface area (Å²) in [6, 6.07) is 7.75. The van der Waals surface area contributed by atoms with E-state index < -0.39 is 24.1 Å². The van der Waals surface area contributed by atoms with Gasteiger partial charge in [-0.3, -0.25) is 14.9 Å². The lowest BCUT2D eigenvalue weighted by Crippen LogP contribution is -2.55. The molecule has 31 heavy (non-hydrogen) atoms. The first-order valence-corrected chi connectivity index (χ1v) is 11.4. The van der Waals surface area contributed by atoms with Gasteiger partial charge in [-0.1, -0.05) is 43.2 Å². The van der Waals surface area contributed by atoms with Crippen molar-refractivity contribution >= 4 is 17.8 Å². The number of hydrogen-bond donors (Lipinski definition) is 2. The lowest BCUT2D eigenvalue weighted by atomic mass is 9.84. The van der Waals surface area contributed by atoms with Crippen molar-refractivity contribution in [3.8, 4) is 0 Å². The standard InChI is InChI=1S/C24H34N2O5/c1-3-31-24(30)19(14-13-17-9-5-4-6-10-17)25-16(2)22(27)26-20-12-8-7-11-18(20)15-21(26)23(28)29/h4-6,9-10,16,18-21,25H,3,7-8,11-15H2,1-2H3,(H,28,29)/t16-,18-,19+,20+,21+/m1/s1. The highest BCUT2D eigenvalue weighted by molar-refractivity contribution is 5.88. The second kappa shape index (κ2) is 10.8. The number of aryl methyl sites for hydroxylation is 1. The van der Waals surface area contributed by atoms with E-state index in [-0.39, 0.29) is 30.4 Å². The minimum Gasteiger partial charge on any atom is -0.480 e. The highest BCUT2D eigenvalue weighted by Crippen LogP contribution is 2.40. The number of aliphatic carboxylic acids is 1. The summed E-state index contributed by atoms with van der Waals surface area (Å²) >= 11 is 0. The van der Waals surface area contributed by atoms with Crippen molar-refractivity contribution in [2.24, 2.45) is 5.92 Å². The predicted molar refractivity (Wildman–Crippen MR) is 116 cm³/mol. The Balaban J connectivity index is 1.70. The molecule has 1 aliphatic carbocycles. The van der Waals surface area contributed by atoms with E-state index in [4.69, 9.17) is 4.74 Å². The van der Waals surface area contributed by atoms with Gasteiger partial charge in [-0.05, 0) is 57.4 Å². The number of nitrogens with zero attached hydrogens (tertiary/aromatic N) is 1. The van der Waals surface area contributed by atoms with Crippen LogP contribution >= 0.6 is 0 Å². The van der Waals surface area contributed by atoms with Crippen LogP contribution < -0.4 is 5.32 Å². The first-order chi connectivity index (χ1) is 14.9. The van der Waals surface area contributed by atoms with Crippen LogP contribution in [0.25, 0.3) is 0 Å². The van der Waals surface area contributed by atoms with Crippen molar-refractivity contribution in [3.63, 3.8) is 0 Å². The summed E-state index contributed by atoms with van der Waals surface area (Å²) in [4.78, 5) is 39.3. The summed E-state index contributed by atoms with van der Waals surface area (Å²) in [5.41, 5.74) is 1.10. The zero-order chi connectivity index (χ0) is 22.4. The van der Waals surface area contributed by atoms with E-state index in [0.29, 0.717) is 19.3 Å². The highest BCUT2D eigenvalue weighted by Gasteiger charge is 2.48. The number of amides is 1. The van der Waals surface area contributed by atoms with E-state index in [1.54, 1.807) is 18.7 Å². The third-order valence-corrected chi connectivity index (χ3v) is 6.58. The number of likely N-dealkylation sites (tertiary alicyclic amines) is 1. The van der Waals surface area contributed by atoms with Crippen LogP contribution in [0.1, 0.15) is 57.9 Å². The Hall–Kier alpha value is -2.41. The number of hydrogen-bond acceptors (Lipinski definition) is 5. The van der Waals surface area contributed by atoms with Gasteiger partial charge >= 0.3 is 11.9 Å². The molecule has 7 nitrogen and oxygen atoms in total. The molecule has 170 valence electrons.